The second-order valence-corrected chi connectivity index (χ2v) is 6.19. The Morgan fingerprint density at radius 3 is 2.82 bits per heavy atom. The Morgan fingerprint density at radius 1 is 1.32 bits per heavy atom. The van der Waals surface area contributed by atoms with E-state index < -0.39 is 0 Å². The molecule has 22 heavy (non-hydrogen) atoms. The summed E-state index contributed by atoms with van der Waals surface area (Å²) in [5.74, 6) is 1.10. The second-order valence-electron chi connectivity index (χ2n) is 6.19. The third kappa shape index (κ3) is 3.39. The lowest BCUT2D eigenvalue weighted by Gasteiger charge is -2.33. The third-order valence-electron chi connectivity index (χ3n) is 4.50. The summed E-state index contributed by atoms with van der Waals surface area (Å²) in [7, 11) is 0. The molecule has 0 aliphatic carbocycles. The zero-order valence-electron chi connectivity index (χ0n) is 13.3. The molecular weight excluding hydrogens is 280 g/mol. The highest BCUT2D eigenvalue weighted by molar-refractivity contribution is 5.88. The molecule has 2 aliphatic heterocycles. The number of pyridine rings is 1. The lowest BCUT2D eigenvalue weighted by Crippen LogP contribution is -2.47. The minimum atomic E-state index is -0.0549. The Kier molecular flexibility index (Phi) is 4.59. The summed E-state index contributed by atoms with van der Waals surface area (Å²) in [5.41, 5.74) is 0.902. The number of morpholine rings is 1. The molecule has 120 valence electrons. The van der Waals surface area contributed by atoms with Crippen LogP contribution in [-0.4, -0.2) is 66.2 Å². The van der Waals surface area contributed by atoms with Crippen molar-refractivity contribution in [2.45, 2.75) is 19.9 Å². The zero-order chi connectivity index (χ0) is 15.5. The number of amides is 2. The number of nitrogens with zero attached hydrogens (tertiary/aromatic N) is 3. The maximum Gasteiger partial charge on any atom is 0.323 e. The van der Waals surface area contributed by atoms with E-state index in [0.29, 0.717) is 17.8 Å². The summed E-state index contributed by atoms with van der Waals surface area (Å²) in [5, 5.41) is 2.90. The molecule has 0 radical (unpaired) electrons. The highest BCUT2D eigenvalue weighted by Gasteiger charge is 2.36. The third-order valence-corrected chi connectivity index (χ3v) is 4.50. The van der Waals surface area contributed by atoms with Crippen LogP contribution in [0.2, 0.25) is 0 Å². The van der Waals surface area contributed by atoms with Gasteiger partial charge >= 0.3 is 6.03 Å². The molecule has 6 nitrogen and oxygen atoms in total. The average Bonchev–Trinajstić information content (AvgIpc) is 2.90. The summed E-state index contributed by atoms with van der Waals surface area (Å²) in [6, 6.07) is 6.02. The van der Waals surface area contributed by atoms with E-state index in [-0.39, 0.29) is 6.03 Å². The number of urea groups is 1. The monoisotopic (exact) mass is 304 g/mol. The molecule has 2 aliphatic rings. The van der Waals surface area contributed by atoms with Crippen LogP contribution in [0.1, 0.15) is 12.6 Å². The van der Waals surface area contributed by atoms with Crippen LogP contribution in [0.15, 0.2) is 18.2 Å². The smallest absolute Gasteiger partial charge is 0.323 e. The van der Waals surface area contributed by atoms with Gasteiger partial charge in [0.2, 0.25) is 0 Å². The van der Waals surface area contributed by atoms with Crippen molar-refractivity contribution in [1.82, 2.24) is 14.8 Å². The van der Waals surface area contributed by atoms with Crippen LogP contribution >= 0.6 is 0 Å². The fourth-order valence-electron chi connectivity index (χ4n) is 3.30. The summed E-state index contributed by atoms with van der Waals surface area (Å²) in [4.78, 5) is 21.1. The van der Waals surface area contributed by atoms with Gasteiger partial charge in [-0.05, 0) is 25.0 Å². The van der Waals surface area contributed by atoms with Crippen molar-refractivity contribution in [2.24, 2.45) is 5.92 Å². The topological polar surface area (TPSA) is 57.7 Å². The van der Waals surface area contributed by atoms with Crippen molar-refractivity contribution in [3.63, 3.8) is 0 Å². The number of aryl methyl sites for hydroxylation is 1. The van der Waals surface area contributed by atoms with Gasteiger partial charge in [0, 0.05) is 37.9 Å². The van der Waals surface area contributed by atoms with Gasteiger partial charge in [0.25, 0.3) is 0 Å². The fraction of sp³-hybridized carbons (Fsp3) is 0.625. The zero-order valence-corrected chi connectivity index (χ0v) is 13.3. The molecule has 2 fully saturated rings. The number of carbonyl (C=O) groups excluding carboxylic acids is 1. The minimum Gasteiger partial charge on any atom is -0.379 e. The maximum absolute atomic E-state index is 12.4. The molecule has 0 saturated carbocycles. The molecule has 0 spiro atoms. The van der Waals surface area contributed by atoms with Crippen LogP contribution in [0, 0.1) is 12.8 Å². The largest absolute Gasteiger partial charge is 0.379 e. The number of likely N-dealkylation sites (tertiary alicyclic amines) is 1. The number of aromatic nitrogens is 1. The number of hydrogen-bond donors (Lipinski definition) is 1. The van der Waals surface area contributed by atoms with Crippen molar-refractivity contribution >= 4 is 11.8 Å². The van der Waals surface area contributed by atoms with Gasteiger partial charge in [0.05, 0.1) is 13.2 Å². The van der Waals surface area contributed by atoms with Crippen LogP contribution in [0.25, 0.3) is 0 Å². The lowest BCUT2D eigenvalue weighted by atomic mass is 10.0. The highest BCUT2D eigenvalue weighted by Crippen LogP contribution is 2.23. The Labute approximate surface area is 131 Å². The van der Waals surface area contributed by atoms with Crippen LogP contribution < -0.4 is 5.32 Å². The van der Waals surface area contributed by atoms with E-state index in [1.165, 1.54) is 0 Å². The first-order valence-electron chi connectivity index (χ1n) is 7.95. The van der Waals surface area contributed by atoms with Crippen LogP contribution in [0.3, 0.4) is 0 Å². The number of rotatable bonds is 2. The van der Waals surface area contributed by atoms with E-state index in [4.69, 9.17) is 4.74 Å². The Morgan fingerprint density at radius 2 is 2.09 bits per heavy atom. The molecule has 1 aromatic rings. The van der Waals surface area contributed by atoms with E-state index >= 15 is 0 Å². The van der Waals surface area contributed by atoms with Gasteiger partial charge < -0.3 is 9.64 Å². The Bertz CT molecular complexity index is 531. The normalized spacial score (nSPS) is 26.2. The average molecular weight is 304 g/mol. The van der Waals surface area contributed by atoms with Crippen molar-refractivity contribution in [2.75, 3.05) is 44.7 Å². The van der Waals surface area contributed by atoms with Crippen molar-refractivity contribution < 1.29 is 9.53 Å². The predicted octanol–water partition coefficient (Wildman–Crippen LogP) is 1.57. The van der Waals surface area contributed by atoms with Crippen molar-refractivity contribution in [3.05, 3.63) is 23.9 Å². The molecule has 0 unspecified atom stereocenters. The van der Waals surface area contributed by atoms with Crippen LogP contribution in [-0.2, 0) is 4.74 Å². The molecule has 2 amide bonds. The van der Waals surface area contributed by atoms with Gasteiger partial charge in [-0.3, -0.25) is 10.2 Å². The van der Waals surface area contributed by atoms with Crippen LogP contribution in [0.5, 0.6) is 0 Å². The molecule has 6 heteroatoms. The number of hydrogen-bond acceptors (Lipinski definition) is 4. The first-order valence-corrected chi connectivity index (χ1v) is 7.95. The second kappa shape index (κ2) is 6.62. The molecular formula is C16H24N4O2. The van der Waals surface area contributed by atoms with E-state index in [9.17, 15) is 4.79 Å². The first-order chi connectivity index (χ1) is 10.6. The molecule has 1 aromatic heterocycles. The van der Waals surface area contributed by atoms with Gasteiger partial charge in [0.1, 0.15) is 5.82 Å². The minimum absolute atomic E-state index is 0.0549. The van der Waals surface area contributed by atoms with E-state index in [1.54, 1.807) is 0 Å². The van der Waals surface area contributed by atoms with Crippen LogP contribution in [0.4, 0.5) is 10.6 Å². The van der Waals surface area contributed by atoms with Gasteiger partial charge in [-0.25, -0.2) is 9.78 Å². The number of carbonyl (C=O) groups is 1. The standard InChI is InChI=1S/C16H24N4O2/c1-12-10-20(11-14(12)19-6-8-22-9-7-19)16(21)18-15-5-3-4-13(2)17-15/h3-5,12,14H,6-11H2,1-2H3,(H,17,18,21)/t12-,14+/m1/s1. The molecule has 2 atom stereocenters. The van der Waals surface area contributed by atoms with Gasteiger partial charge in [-0.15, -0.1) is 0 Å². The van der Waals surface area contributed by atoms with E-state index in [0.717, 1.165) is 45.1 Å². The molecule has 3 heterocycles. The molecule has 3 rings (SSSR count). The number of ether oxygens (including phenoxy) is 1. The van der Waals surface area contributed by atoms with Gasteiger partial charge in [-0.1, -0.05) is 13.0 Å². The lowest BCUT2D eigenvalue weighted by molar-refractivity contribution is 0.0123. The van der Waals surface area contributed by atoms with Gasteiger partial charge in [0.15, 0.2) is 0 Å². The van der Waals surface area contributed by atoms with Crippen molar-refractivity contribution in [3.8, 4) is 0 Å². The first kappa shape index (κ1) is 15.2. The Hall–Kier alpha value is -1.66. The van der Waals surface area contributed by atoms with Crippen molar-refractivity contribution in [1.29, 1.82) is 0 Å². The summed E-state index contributed by atoms with van der Waals surface area (Å²) < 4.78 is 5.42. The maximum atomic E-state index is 12.4. The molecule has 0 aromatic carbocycles. The SMILES string of the molecule is Cc1cccc(NC(=O)N2C[C@@H](C)[C@@H](N3CCOCC3)C2)n1. The molecule has 2 saturated heterocycles. The van der Waals surface area contributed by atoms with E-state index in [1.807, 2.05) is 30.0 Å². The van der Waals surface area contributed by atoms with E-state index in [2.05, 4.69) is 22.1 Å². The van der Waals surface area contributed by atoms with Gasteiger partial charge in [-0.2, -0.15) is 0 Å². The summed E-state index contributed by atoms with van der Waals surface area (Å²) >= 11 is 0. The summed E-state index contributed by atoms with van der Waals surface area (Å²) in [6.07, 6.45) is 0. The number of nitrogens with one attached hydrogen (secondary N) is 1. The quantitative estimate of drug-likeness (QED) is 0.901. The Balaban J connectivity index is 1.59. The molecule has 0 bridgehead atoms. The highest BCUT2D eigenvalue weighted by atomic mass is 16.5. The molecule has 1 N–H and O–H groups in total. The fourth-order valence-corrected chi connectivity index (χ4v) is 3.30. The summed E-state index contributed by atoms with van der Waals surface area (Å²) in [6.45, 7) is 9.22. The number of anilines is 1. The predicted molar refractivity (Wildman–Crippen MR) is 84.9 cm³/mol.